The molecule has 0 spiro atoms. The van der Waals surface area contributed by atoms with Crippen LogP contribution in [0, 0.1) is 0 Å². The zero-order valence-corrected chi connectivity index (χ0v) is 6.47. The molecule has 0 aromatic carbocycles. The van der Waals surface area contributed by atoms with Crippen LogP contribution in [0.2, 0.25) is 0 Å². The molecule has 0 radical (unpaired) electrons. The normalized spacial score (nSPS) is 8.73. The second kappa shape index (κ2) is 5.72. The molecule has 5 nitrogen and oxygen atoms in total. The van der Waals surface area contributed by atoms with Crippen molar-refractivity contribution in [3.05, 3.63) is 0 Å². The average molecular weight is 177 g/mol. The highest BCUT2D eigenvalue weighted by atomic mass is 32.1. The van der Waals surface area contributed by atoms with Gasteiger partial charge in [0.2, 0.25) is 0 Å². The molecule has 0 atom stereocenters. The third-order valence-corrected chi connectivity index (χ3v) is 0.985. The molecule has 62 valence electrons. The minimum atomic E-state index is -0.937. The third-order valence-electron chi connectivity index (χ3n) is 0.911. The highest BCUT2D eigenvalue weighted by Crippen LogP contribution is 1.97. The van der Waals surface area contributed by atoms with Crippen molar-refractivity contribution in [1.29, 1.82) is 0 Å². The number of hydrogen-bond donors (Lipinski definition) is 1. The summed E-state index contributed by atoms with van der Waals surface area (Å²) in [5.41, 5.74) is 0. The number of rotatable bonds is 5. The fraction of sp³-hybridized carbons (Fsp3) is 0.600. The molecule has 1 N–H and O–H groups in total. The SMILES string of the molecule is O=C(O)CCCC(=O)ON=S. The first-order chi connectivity index (χ1) is 5.16. The Morgan fingerprint density at radius 2 is 2.09 bits per heavy atom. The highest BCUT2D eigenvalue weighted by Gasteiger charge is 2.03. The maximum atomic E-state index is 10.4. The standard InChI is InChI=1S/C5H7NO4S/c7-4(8)2-1-3-5(9)10-6-11/h1-3H2,(H,7,8). The monoisotopic (exact) mass is 177 g/mol. The van der Waals surface area contributed by atoms with Crippen molar-refractivity contribution < 1.29 is 19.5 Å². The van der Waals surface area contributed by atoms with Gasteiger partial charge in [0.15, 0.2) is 0 Å². The van der Waals surface area contributed by atoms with Crippen LogP contribution >= 0.6 is 0 Å². The first-order valence-corrected chi connectivity index (χ1v) is 3.27. The van der Waals surface area contributed by atoms with E-state index in [9.17, 15) is 9.59 Å². The van der Waals surface area contributed by atoms with Crippen LogP contribution in [0.15, 0.2) is 4.53 Å². The van der Waals surface area contributed by atoms with Gasteiger partial charge in [-0.1, -0.05) is 0 Å². The van der Waals surface area contributed by atoms with Gasteiger partial charge >= 0.3 is 11.9 Å². The first kappa shape index (κ1) is 9.96. The van der Waals surface area contributed by atoms with Gasteiger partial charge in [-0.15, -0.1) is 0 Å². The van der Waals surface area contributed by atoms with E-state index in [4.69, 9.17) is 5.11 Å². The van der Waals surface area contributed by atoms with E-state index >= 15 is 0 Å². The Morgan fingerprint density at radius 1 is 1.45 bits per heavy atom. The van der Waals surface area contributed by atoms with Gasteiger partial charge in [-0.2, -0.15) is 0 Å². The zero-order valence-electron chi connectivity index (χ0n) is 5.65. The summed E-state index contributed by atoms with van der Waals surface area (Å²) in [6.07, 6.45) is 0.234. The Kier molecular flexibility index (Phi) is 5.18. The summed E-state index contributed by atoms with van der Waals surface area (Å²) < 4.78 is 2.72. The lowest BCUT2D eigenvalue weighted by molar-refractivity contribution is -0.143. The smallest absolute Gasteiger partial charge is 0.336 e. The lowest BCUT2D eigenvalue weighted by Crippen LogP contribution is -2.01. The van der Waals surface area contributed by atoms with Crippen LogP contribution in [-0.2, 0) is 26.9 Å². The van der Waals surface area contributed by atoms with E-state index in [1.807, 2.05) is 0 Å². The molecule has 0 aliphatic carbocycles. The number of hydrogen-bond acceptors (Lipinski definition) is 5. The first-order valence-electron chi connectivity index (χ1n) is 2.91. The van der Waals surface area contributed by atoms with E-state index in [2.05, 4.69) is 21.8 Å². The molecule has 0 aromatic heterocycles. The van der Waals surface area contributed by atoms with Gasteiger partial charge in [0.1, 0.15) is 0 Å². The predicted molar refractivity (Wildman–Crippen MR) is 37.4 cm³/mol. The number of aliphatic carboxylic acids is 1. The van der Waals surface area contributed by atoms with Gasteiger partial charge in [-0.3, -0.25) is 4.79 Å². The second-order valence-corrected chi connectivity index (χ2v) is 1.93. The molecule has 11 heavy (non-hydrogen) atoms. The topological polar surface area (TPSA) is 76.0 Å². The van der Waals surface area contributed by atoms with Crippen molar-refractivity contribution in [2.24, 2.45) is 4.53 Å². The van der Waals surface area contributed by atoms with Crippen LogP contribution in [0.4, 0.5) is 0 Å². The van der Waals surface area contributed by atoms with Crippen molar-refractivity contribution in [3.8, 4) is 0 Å². The van der Waals surface area contributed by atoms with E-state index < -0.39 is 11.9 Å². The minimum absolute atomic E-state index is 0.0342. The van der Waals surface area contributed by atoms with E-state index in [1.165, 1.54) is 0 Å². The number of carbonyl (C=O) groups is 2. The molecule has 0 aliphatic rings. The summed E-state index contributed by atoms with van der Waals surface area (Å²) in [4.78, 5) is 24.4. The van der Waals surface area contributed by atoms with E-state index in [1.54, 1.807) is 0 Å². The maximum absolute atomic E-state index is 10.4. The van der Waals surface area contributed by atoms with Gasteiger partial charge < -0.3 is 9.94 Å². The van der Waals surface area contributed by atoms with Crippen molar-refractivity contribution in [3.63, 3.8) is 0 Å². The Balaban J connectivity index is 3.31. The Labute approximate surface area is 68.5 Å². The van der Waals surface area contributed by atoms with Crippen molar-refractivity contribution in [1.82, 2.24) is 0 Å². The summed E-state index contributed by atoms with van der Waals surface area (Å²) in [6.45, 7) is 0. The molecule has 0 fully saturated rings. The molecule has 0 aromatic rings. The van der Waals surface area contributed by atoms with Gasteiger partial charge in [0, 0.05) is 12.8 Å². The molecule has 0 saturated carbocycles. The van der Waals surface area contributed by atoms with Gasteiger partial charge in [-0.05, 0) is 10.9 Å². The van der Waals surface area contributed by atoms with Crippen LogP contribution in [0.5, 0.6) is 0 Å². The quantitative estimate of drug-likeness (QED) is 0.616. The minimum Gasteiger partial charge on any atom is -0.481 e. The van der Waals surface area contributed by atoms with Crippen LogP contribution in [0.25, 0.3) is 0 Å². The second-order valence-electron chi connectivity index (χ2n) is 1.79. The summed E-state index contributed by atoms with van der Waals surface area (Å²) >= 11 is 4.00. The Hall–Kier alpha value is -1.04. The third kappa shape index (κ3) is 6.85. The van der Waals surface area contributed by atoms with E-state index in [0.717, 1.165) is 0 Å². The summed E-state index contributed by atoms with van der Waals surface area (Å²) in [7, 11) is 0. The molecule has 0 saturated heterocycles. The van der Waals surface area contributed by atoms with E-state index in [-0.39, 0.29) is 19.3 Å². The molecule has 0 aliphatic heterocycles. The Bertz CT molecular complexity index is 170. The van der Waals surface area contributed by atoms with E-state index in [0.29, 0.717) is 0 Å². The summed E-state index contributed by atoms with van der Waals surface area (Å²) in [6, 6.07) is 0. The summed E-state index contributed by atoms with van der Waals surface area (Å²) in [5.74, 6) is -1.53. The fourth-order valence-electron chi connectivity index (χ4n) is 0.471. The van der Waals surface area contributed by atoms with Crippen LogP contribution in [0.1, 0.15) is 19.3 Å². The molecular formula is C5H7NO4S. The van der Waals surface area contributed by atoms with Crippen LogP contribution < -0.4 is 0 Å². The molecular weight excluding hydrogens is 170 g/mol. The van der Waals surface area contributed by atoms with Crippen LogP contribution in [0.3, 0.4) is 0 Å². The van der Waals surface area contributed by atoms with Gasteiger partial charge in [0.05, 0.1) is 12.4 Å². The van der Waals surface area contributed by atoms with Gasteiger partial charge in [-0.25, -0.2) is 4.79 Å². The number of nitrogens with zero attached hydrogens (tertiary/aromatic N) is 1. The fourth-order valence-corrected chi connectivity index (χ4v) is 0.554. The maximum Gasteiger partial charge on any atom is 0.336 e. The van der Waals surface area contributed by atoms with Crippen molar-refractivity contribution >= 4 is 24.4 Å². The predicted octanol–water partition coefficient (Wildman–Crippen LogP) is 0.430. The largest absolute Gasteiger partial charge is 0.481 e. The number of carboxylic acid groups (broad SMARTS) is 1. The van der Waals surface area contributed by atoms with Crippen molar-refractivity contribution in [2.75, 3.05) is 0 Å². The molecule has 0 bridgehead atoms. The van der Waals surface area contributed by atoms with Gasteiger partial charge in [0.25, 0.3) is 0 Å². The van der Waals surface area contributed by atoms with Crippen molar-refractivity contribution in [2.45, 2.75) is 19.3 Å². The molecule has 0 amide bonds. The average Bonchev–Trinajstić information content (AvgIpc) is 1.87. The lowest BCUT2D eigenvalue weighted by atomic mass is 10.2. The highest BCUT2D eigenvalue weighted by molar-refractivity contribution is 7.47. The Morgan fingerprint density at radius 3 is 2.55 bits per heavy atom. The van der Waals surface area contributed by atoms with Crippen LogP contribution in [-0.4, -0.2) is 17.0 Å². The zero-order chi connectivity index (χ0) is 8.69. The summed E-state index contributed by atoms with van der Waals surface area (Å²) in [5, 5.41) is 8.16. The lowest BCUT2D eigenvalue weighted by Gasteiger charge is -1.93. The molecule has 6 heteroatoms. The molecule has 0 heterocycles. The number of carboxylic acids is 1. The number of carbonyl (C=O) groups excluding carboxylic acids is 1. The molecule has 0 rings (SSSR count). The molecule has 0 unspecified atom stereocenters.